The van der Waals surface area contributed by atoms with E-state index in [0.717, 1.165) is 5.56 Å². The van der Waals surface area contributed by atoms with E-state index in [2.05, 4.69) is 16.7 Å². The van der Waals surface area contributed by atoms with E-state index in [0.29, 0.717) is 25.3 Å². The first kappa shape index (κ1) is 14.2. The number of nitriles is 1. The molecule has 0 aromatic heterocycles. The number of hydrogen-bond acceptors (Lipinski definition) is 4. The second kappa shape index (κ2) is 8.23. The third-order valence-corrected chi connectivity index (χ3v) is 2.37. The molecule has 0 aliphatic carbocycles. The summed E-state index contributed by atoms with van der Waals surface area (Å²) in [6.45, 7) is 1.74. The summed E-state index contributed by atoms with van der Waals surface area (Å²) in [6.07, 6.45) is 0. The smallest absolute Gasteiger partial charge is 0.234 e. The number of ether oxygens (including phenoxy) is 1. The first-order valence-electron chi connectivity index (χ1n) is 5.72. The van der Waals surface area contributed by atoms with Crippen LogP contribution in [0.5, 0.6) is 0 Å². The fourth-order valence-electron chi connectivity index (χ4n) is 1.45. The molecule has 0 heterocycles. The monoisotopic (exact) mass is 247 g/mol. The molecule has 96 valence electrons. The summed E-state index contributed by atoms with van der Waals surface area (Å²) in [7, 11) is 1.59. The molecule has 0 unspecified atom stereocenters. The lowest BCUT2D eigenvalue weighted by Crippen LogP contribution is -2.35. The van der Waals surface area contributed by atoms with Gasteiger partial charge in [0.2, 0.25) is 5.91 Å². The average molecular weight is 247 g/mol. The van der Waals surface area contributed by atoms with Crippen LogP contribution in [0.25, 0.3) is 0 Å². The Balaban J connectivity index is 2.29. The maximum Gasteiger partial charge on any atom is 0.234 e. The highest BCUT2D eigenvalue weighted by Crippen LogP contribution is 2.06. The van der Waals surface area contributed by atoms with Crippen molar-refractivity contribution in [2.24, 2.45) is 0 Å². The number of carbonyl (C=O) groups is 1. The second-order valence-electron chi connectivity index (χ2n) is 3.72. The van der Waals surface area contributed by atoms with Crippen molar-refractivity contribution < 1.29 is 9.53 Å². The zero-order chi connectivity index (χ0) is 13.2. The Hall–Kier alpha value is -1.90. The van der Waals surface area contributed by atoms with E-state index in [1.807, 2.05) is 18.2 Å². The maximum atomic E-state index is 11.4. The van der Waals surface area contributed by atoms with Gasteiger partial charge in [0, 0.05) is 20.2 Å². The van der Waals surface area contributed by atoms with Crippen molar-refractivity contribution >= 4 is 5.91 Å². The number of benzene rings is 1. The van der Waals surface area contributed by atoms with Crippen LogP contribution in [0.4, 0.5) is 0 Å². The summed E-state index contributed by atoms with van der Waals surface area (Å²) in [5.74, 6) is -0.0820. The van der Waals surface area contributed by atoms with Crippen LogP contribution in [0, 0.1) is 11.3 Å². The molecule has 1 aromatic rings. The minimum Gasteiger partial charge on any atom is -0.383 e. The minimum absolute atomic E-state index is 0.0820. The highest BCUT2D eigenvalue weighted by Gasteiger charge is 2.02. The lowest BCUT2D eigenvalue weighted by atomic mass is 10.1. The van der Waals surface area contributed by atoms with Crippen molar-refractivity contribution in [2.75, 3.05) is 26.8 Å². The van der Waals surface area contributed by atoms with Crippen LogP contribution in [0.3, 0.4) is 0 Å². The first-order chi connectivity index (χ1) is 8.77. The van der Waals surface area contributed by atoms with Crippen molar-refractivity contribution in [3.05, 3.63) is 35.4 Å². The predicted octanol–water partition coefficient (Wildman–Crippen LogP) is 0.410. The Morgan fingerprint density at radius 2 is 2.22 bits per heavy atom. The molecule has 0 saturated heterocycles. The summed E-state index contributed by atoms with van der Waals surface area (Å²) >= 11 is 0. The minimum atomic E-state index is -0.0820. The molecule has 0 aliphatic heterocycles. The van der Waals surface area contributed by atoms with Gasteiger partial charge < -0.3 is 15.4 Å². The molecule has 18 heavy (non-hydrogen) atoms. The van der Waals surface area contributed by atoms with Crippen molar-refractivity contribution in [1.82, 2.24) is 10.6 Å². The normalized spacial score (nSPS) is 9.78. The van der Waals surface area contributed by atoms with E-state index >= 15 is 0 Å². The van der Waals surface area contributed by atoms with E-state index in [9.17, 15) is 4.79 Å². The van der Waals surface area contributed by atoms with Crippen LogP contribution >= 0.6 is 0 Å². The number of amides is 1. The van der Waals surface area contributed by atoms with Gasteiger partial charge in [-0.25, -0.2) is 0 Å². The molecule has 1 rings (SSSR count). The summed E-state index contributed by atoms with van der Waals surface area (Å²) < 4.78 is 4.83. The molecule has 0 spiro atoms. The topological polar surface area (TPSA) is 74.2 Å². The maximum absolute atomic E-state index is 11.4. The largest absolute Gasteiger partial charge is 0.383 e. The third-order valence-electron chi connectivity index (χ3n) is 2.37. The summed E-state index contributed by atoms with van der Waals surface area (Å²) in [5, 5.41) is 14.6. The van der Waals surface area contributed by atoms with Gasteiger partial charge in [0.25, 0.3) is 0 Å². The fraction of sp³-hybridized carbons (Fsp3) is 0.385. The molecule has 0 bridgehead atoms. The standard InChI is InChI=1S/C13H17N3O2/c1-18-7-6-16-13(17)10-15-9-12-5-3-2-4-11(12)8-14/h2-5,15H,6-7,9-10H2,1H3,(H,16,17). The Bertz CT molecular complexity index is 426. The van der Waals surface area contributed by atoms with Crippen molar-refractivity contribution in [2.45, 2.75) is 6.54 Å². The third kappa shape index (κ3) is 4.95. The van der Waals surface area contributed by atoms with Gasteiger partial charge in [0.05, 0.1) is 24.8 Å². The Morgan fingerprint density at radius 3 is 2.94 bits per heavy atom. The molecule has 2 N–H and O–H groups in total. The molecule has 0 fully saturated rings. The quantitative estimate of drug-likeness (QED) is 0.684. The molecule has 5 nitrogen and oxygen atoms in total. The summed E-state index contributed by atoms with van der Waals surface area (Å²) in [6, 6.07) is 9.44. The lowest BCUT2D eigenvalue weighted by Gasteiger charge is -2.07. The predicted molar refractivity (Wildman–Crippen MR) is 67.7 cm³/mol. The van der Waals surface area contributed by atoms with E-state index in [-0.39, 0.29) is 12.5 Å². The number of hydrogen-bond donors (Lipinski definition) is 2. The highest BCUT2D eigenvalue weighted by atomic mass is 16.5. The van der Waals surface area contributed by atoms with Crippen LogP contribution in [-0.4, -0.2) is 32.7 Å². The van der Waals surface area contributed by atoms with Crippen LogP contribution in [0.1, 0.15) is 11.1 Å². The van der Waals surface area contributed by atoms with E-state index in [1.165, 1.54) is 0 Å². The van der Waals surface area contributed by atoms with Crippen LogP contribution in [-0.2, 0) is 16.1 Å². The molecule has 0 atom stereocenters. The Labute approximate surface area is 107 Å². The highest BCUT2D eigenvalue weighted by molar-refractivity contribution is 5.77. The van der Waals surface area contributed by atoms with Crippen LogP contribution < -0.4 is 10.6 Å². The zero-order valence-electron chi connectivity index (χ0n) is 10.4. The van der Waals surface area contributed by atoms with Gasteiger partial charge >= 0.3 is 0 Å². The van der Waals surface area contributed by atoms with Gasteiger partial charge in [-0.2, -0.15) is 5.26 Å². The fourth-order valence-corrected chi connectivity index (χ4v) is 1.45. The number of rotatable bonds is 7. The molecule has 5 heteroatoms. The number of nitrogens with one attached hydrogen (secondary N) is 2. The van der Waals surface area contributed by atoms with Crippen molar-refractivity contribution in [1.29, 1.82) is 5.26 Å². The Kier molecular flexibility index (Phi) is 6.47. The van der Waals surface area contributed by atoms with Crippen LogP contribution in [0.2, 0.25) is 0 Å². The van der Waals surface area contributed by atoms with Gasteiger partial charge in [0.15, 0.2) is 0 Å². The Morgan fingerprint density at radius 1 is 1.44 bits per heavy atom. The molecule has 0 saturated carbocycles. The van der Waals surface area contributed by atoms with E-state index in [1.54, 1.807) is 13.2 Å². The number of carbonyl (C=O) groups excluding carboxylic acids is 1. The molecular formula is C13H17N3O2. The van der Waals surface area contributed by atoms with Crippen molar-refractivity contribution in [3.8, 4) is 6.07 Å². The van der Waals surface area contributed by atoms with Gasteiger partial charge in [-0.15, -0.1) is 0 Å². The van der Waals surface area contributed by atoms with E-state index < -0.39 is 0 Å². The summed E-state index contributed by atoms with van der Waals surface area (Å²) in [4.78, 5) is 11.4. The molecule has 0 radical (unpaired) electrons. The van der Waals surface area contributed by atoms with Gasteiger partial charge in [0.1, 0.15) is 0 Å². The van der Waals surface area contributed by atoms with E-state index in [4.69, 9.17) is 10.00 Å². The van der Waals surface area contributed by atoms with Gasteiger partial charge in [-0.1, -0.05) is 18.2 Å². The molecule has 0 aliphatic rings. The van der Waals surface area contributed by atoms with Crippen LogP contribution in [0.15, 0.2) is 24.3 Å². The molecular weight excluding hydrogens is 230 g/mol. The first-order valence-corrected chi connectivity index (χ1v) is 5.72. The SMILES string of the molecule is COCCNC(=O)CNCc1ccccc1C#N. The van der Waals surface area contributed by atoms with Crippen molar-refractivity contribution in [3.63, 3.8) is 0 Å². The average Bonchev–Trinajstić information content (AvgIpc) is 2.39. The zero-order valence-corrected chi connectivity index (χ0v) is 10.4. The number of methoxy groups -OCH3 is 1. The number of nitrogens with zero attached hydrogens (tertiary/aromatic N) is 1. The molecule has 1 amide bonds. The molecule has 1 aromatic carbocycles. The second-order valence-corrected chi connectivity index (χ2v) is 3.72. The summed E-state index contributed by atoms with van der Waals surface area (Å²) in [5.41, 5.74) is 1.52. The van der Waals surface area contributed by atoms with Gasteiger partial charge in [-0.3, -0.25) is 4.79 Å². The van der Waals surface area contributed by atoms with Gasteiger partial charge in [-0.05, 0) is 11.6 Å². The lowest BCUT2D eigenvalue weighted by molar-refractivity contribution is -0.120.